The van der Waals surface area contributed by atoms with Crippen LogP contribution >= 0.6 is 0 Å². The second-order valence-corrected chi connectivity index (χ2v) is 7.48. The van der Waals surface area contributed by atoms with Gasteiger partial charge in [-0.05, 0) is 26.8 Å². The summed E-state index contributed by atoms with van der Waals surface area (Å²) in [4.78, 5) is 50.3. The fourth-order valence-electron chi connectivity index (χ4n) is 3.18. The molecule has 4 unspecified atom stereocenters. The van der Waals surface area contributed by atoms with E-state index in [9.17, 15) is 19.2 Å². The number of likely N-dealkylation sites (tertiary alicyclic amines) is 1. The molecule has 10 nitrogen and oxygen atoms in total. The number of rotatable bonds is 10. The van der Waals surface area contributed by atoms with Gasteiger partial charge in [-0.15, -0.1) is 0 Å². The van der Waals surface area contributed by atoms with Gasteiger partial charge in [-0.25, -0.2) is 5.84 Å². The second kappa shape index (κ2) is 11.5. The molecule has 0 spiro atoms. The Hall–Kier alpha value is -2.46. The van der Waals surface area contributed by atoms with E-state index >= 15 is 0 Å². The third-order valence-corrected chi connectivity index (χ3v) is 5.02. The first-order valence-corrected chi connectivity index (χ1v) is 9.83. The average Bonchev–Trinajstić information content (AvgIpc) is 3.14. The van der Waals surface area contributed by atoms with Crippen LogP contribution in [0, 0.1) is 5.92 Å². The highest BCUT2D eigenvalue weighted by Crippen LogP contribution is 2.23. The van der Waals surface area contributed by atoms with Gasteiger partial charge in [-0.3, -0.25) is 14.4 Å². The predicted octanol–water partition coefficient (Wildman–Crippen LogP) is -1.27. The van der Waals surface area contributed by atoms with Gasteiger partial charge in [0.05, 0.1) is 18.6 Å². The van der Waals surface area contributed by atoms with Crippen molar-refractivity contribution in [1.29, 1.82) is 0 Å². The quantitative estimate of drug-likeness (QED) is 0.200. The van der Waals surface area contributed by atoms with Crippen LogP contribution in [0.25, 0.3) is 0 Å². The highest BCUT2D eigenvalue weighted by molar-refractivity contribution is 5.94. The van der Waals surface area contributed by atoms with E-state index in [0.717, 1.165) is 0 Å². The second-order valence-electron chi connectivity index (χ2n) is 7.48. The molecule has 29 heavy (non-hydrogen) atoms. The van der Waals surface area contributed by atoms with Crippen molar-refractivity contribution < 1.29 is 19.2 Å². The summed E-state index contributed by atoms with van der Waals surface area (Å²) in [5.41, 5.74) is 0. The lowest BCUT2D eigenvalue weighted by Crippen LogP contribution is -2.57. The van der Waals surface area contributed by atoms with Crippen LogP contribution in [0.5, 0.6) is 0 Å². The summed E-state index contributed by atoms with van der Waals surface area (Å²) >= 11 is 0. The molecule has 0 aromatic heterocycles. The molecule has 164 valence electrons. The minimum absolute atomic E-state index is 0.132. The SMILES string of the molecule is C/C=C/N(N)C1CC(C(=O)NCC=O)N(C(=O)C(NC(=O)C(C)NC)C(C)C)C1. The van der Waals surface area contributed by atoms with Gasteiger partial charge in [0, 0.05) is 19.2 Å². The monoisotopic (exact) mass is 410 g/mol. The lowest BCUT2D eigenvalue weighted by molar-refractivity contribution is -0.142. The van der Waals surface area contributed by atoms with Crippen LogP contribution in [0.4, 0.5) is 0 Å². The summed E-state index contributed by atoms with van der Waals surface area (Å²) in [6.45, 7) is 7.28. The minimum Gasteiger partial charge on any atom is -0.348 e. The van der Waals surface area contributed by atoms with Crippen molar-refractivity contribution in [3.63, 3.8) is 0 Å². The van der Waals surface area contributed by atoms with Crippen LogP contribution < -0.4 is 21.8 Å². The fourth-order valence-corrected chi connectivity index (χ4v) is 3.18. The minimum atomic E-state index is -0.786. The lowest BCUT2D eigenvalue weighted by atomic mass is 10.0. The maximum absolute atomic E-state index is 13.3. The molecular weight excluding hydrogens is 376 g/mol. The molecule has 10 heteroatoms. The van der Waals surface area contributed by atoms with Crippen molar-refractivity contribution >= 4 is 24.0 Å². The van der Waals surface area contributed by atoms with Gasteiger partial charge >= 0.3 is 0 Å². The zero-order valence-electron chi connectivity index (χ0n) is 17.8. The maximum Gasteiger partial charge on any atom is 0.246 e. The average molecular weight is 411 g/mol. The maximum atomic E-state index is 13.3. The van der Waals surface area contributed by atoms with Crippen LogP contribution in [0.2, 0.25) is 0 Å². The molecule has 1 aliphatic heterocycles. The Bertz CT molecular complexity index is 624. The van der Waals surface area contributed by atoms with Crippen molar-refractivity contribution in [1.82, 2.24) is 25.9 Å². The van der Waals surface area contributed by atoms with Gasteiger partial charge in [0.1, 0.15) is 18.4 Å². The normalized spacial score (nSPS) is 21.1. The Kier molecular flexibility index (Phi) is 9.76. The molecule has 0 aromatic carbocycles. The van der Waals surface area contributed by atoms with Gasteiger partial charge in [0.25, 0.3) is 0 Å². The van der Waals surface area contributed by atoms with Crippen molar-refractivity contribution in [3.8, 4) is 0 Å². The van der Waals surface area contributed by atoms with E-state index < -0.39 is 24.0 Å². The number of amides is 3. The standard InChI is InChI=1S/C19H34N6O4/c1-6-8-25(20)14-10-15(18(28)22-7-9-26)24(11-14)19(29)16(12(2)3)23-17(27)13(4)21-5/h6,8-9,12-16,21H,7,10-11,20H2,1-5H3,(H,22,28)(H,23,27)/b8-6+. The molecule has 1 fully saturated rings. The Morgan fingerprint density at radius 1 is 1.28 bits per heavy atom. The Balaban J connectivity index is 3.09. The molecule has 0 aromatic rings. The Labute approximate surface area is 172 Å². The molecule has 1 rings (SSSR count). The molecule has 0 saturated carbocycles. The highest BCUT2D eigenvalue weighted by atomic mass is 16.2. The van der Waals surface area contributed by atoms with E-state index in [1.807, 2.05) is 20.8 Å². The third-order valence-electron chi connectivity index (χ3n) is 5.02. The van der Waals surface area contributed by atoms with Gasteiger partial charge in [-0.1, -0.05) is 19.9 Å². The number of nitrogens with zero attached hydrogens (tertiary/aromatic N) is 2. The number of aldehydes is 1. The number of nitrogens with one attached hydrogen (secondary N) is 3. The zero-order chi connectivity index (χ0) is 22.1. The molecule has 4 atom stereocenters. The first kappa shape index (κ1) is 24.6. The smallest absolute Gasteiger partial charge is 0.246 e. The molecule has 1 saturated heterocycles. The molecular formula is C19H34N6O4. The predicted molar refractivity (Wildman–Crippen MR) is 109 cm³/mol. The van der Waals surface area contributed by atoms with E-state index in [4.69, 9.17) is 5.84 Å². The first-order valence-electron chi connectivity index (χ1n) is 9.83. The van der Waals surface area contributed by atoms with Crippen LogP contribution in [-0.2, 0) is 19.2 Å². The van der Waals surface area contributed by atoms with Crippen molar-refractivity contribution in [2.24, 2.45) is 11.8 Å². The van der Waals surface area contributed by atoms with E-state index in [-0.39, 0.29) is 36.9 Å². The van der Waals surface area contributed by atoms with Crippen LogP contribution in [0.1, 0.15) is 34.1 Å². The van der Waals surface area contributed by atoms with E-state index in [2.05, 4.69) is 16.0 Å². The van der Waals surface area contributed by atoms with Crippen molar-refractivity contribution in [3.05, 3.63) is 12.3 Å². The number of carbonyl (C=O) groups excluding carboxylic acids is 4. The summed E-state index contributed by atoms with van der Waals surface area (Å²) in [5, 5.41) is 9.60. The number of hydrazine groups is 1. The van der Waals surface area contributed by atoms with Gasteiger partial charge in [0.15, 0.2) is 0 Å². The largest absolute Gasteiger partial charge is 0.348 e. The molecule has 5 N–H and O–H groups in total. The van der Waals surface area contributed by atoms with E-state index in [1.54, 1.807) is 26.2 Å². The summed E-state index contributed by atoms with van der Waals surface area (Å²) in [5.74, 6) is 4.78. The summed E-state index contributed by atoms with van der Waals surface area (Å²) < 4.78 is 0. The number of hydrogen-bond donors (Lipinski definition) is 4. The molecule has 3 amide bonds. The summed E-state index contributed by atoms with van der Waals surface area (Å²) in [7, 11) is 1.66. The molecule has 1 aliphatic rings. The molecule has 0 radical (unpaired) electrons. The van der Waals surface area contributed by atoms with E-state index in [1.165, 1.54) is 9.91 Å². The number of hydrogen-bond acceptors (Lipinski definition) is 7. The molecule has 1 heterocycles. The van der Waals surface area contributed by atoms with E-state index in [0.29, 0.717) is 12.7 Å². The van der Waals surface area contributed by atoms with Gasteiger partial charge in [0.2, 0.25) is 17.7 Å². The van der Waals surface area contributed by atoms with Gasteiger partial charge in [-0.2, -0.15) is 0 Å². The first-order chi connectivity index (χ1) is 13.7. The third kappa shape index (κ3) is 6.53. The number of allylic oxidation sites excluding steroid dienone is 1. The van der Waals surface area contributed by atoms with Crippen LogP contribution in [0.3, 0.4) is 0 Å². The summed E-state index contributed by atoms with van der Waals surface area (Å²) in [6.07, 6.45) is 4.35. The Morgan fingerprint density at radius 2 is 1.93 bits per heavy atom. The topological polar surface area (TPSA) is 137 Å². The number of carbonyl (C=O) groups is 4. The Morgan fingerprint density at radius 3 is 2.45 bits per heavy atom. The molecule has 0 bridgehead atoms. The van der Waals surface area contributed by atoms with Crippen molar-refractivity contribution in [2.45, 2.75) is 58.3 Å². The summed E-state index contributed by atoms with van der Waals surface area (Å²) in [6, 6.07) is -2.28. The highest BCUT2D eigenvalue weighted by Gasteiger charge is 2.43. The zero-order valence-corrected chi connectivity index (χ0v) is 17.8. The lowest BCUT2D eigenvalue weighted by Gasteiger charge is -2.31. The van der Waals surface area contributed by atoms with Crippen LogP contribution in [0.15, 0.2) is 12.3 Å². The fraction of sp³-hybridized carbons (Fsp3) is 0.684. The molecule has 0 aliphatic carbocycles. The van der Waals surface area contributed by atoms with Crippen molar-refractivity contribution in [2.75, 3.05) is 20.1 Å². The number of nitrogens with two attached hydrogens (primary N) is 1. The van der Waals surface area contributed by atoms with Gasteiger partial charge < -0.3 is 30.7 Å². The number of likely N-dealkylation sites (N-methyl/N-ethyl adjacent to an activating group) is 1. The van der Waals surface area contributed by atoms with Crippen LogP contribution in [-0.4, -0.2) is 78.2 Å².